The molecule has 0 bridgehead atoms. The van der Waals surface area contributed by atoms with Crippen LogP contribution in [-0.2, 0) is 4.74 Å². The van der Waals surface area contributed by atoms with E-state index in [1.54, 1.807) is 14.0 Å². The Balaban J connectivity index is 3.17. The maximum absolute atomic E-state index is 11.8. The summed E-state index contributed by atoms with van der Waals surface area (Å²) in [6.45, 7) is 7.36. The van der Waals surface area contributed by atoms with Gasteiger partial charge in [-0.2, -0.15) is 0 Å². The summed E-state index contributed by atoms with van der Waals surface area (Å²) in [6.07, 6.45) is 1.02. The molecule has 1 aromatic carbocycles. The molecule has 0 aliphatic carbocycles. The summed E-state index contributed by atoms with van der Waals surface area (Å²) in [6, 6.07) is 6.24. The number of carbonyl (C=O) groups excluding carboxylic acids is 1. The summed E-state index contributed by atoms with van der Waals surface area (Å²) in [7, 11) is 1.70. The minimum absolute atomic E-state index is 0.0852. The summed E-state index contributed by atoms with van der Waals surface area (Å²) in [4.78, 5) is 14.1. The van der Waals surface area contributed by atoms with Crippen LogP contribution in [0.5, 0.6) is 0 Å². The largest absolute Gasteiger partial charge is 0.383 e. The summed E-state index contributed by atoms with van der Waals surface area (Å²) >= 11 is 3.43. The van der Waals surface area contributed by atoms with Crippen molar-refractivity contribution in [3.8, 4) is 0 Å². The zero-order chi connectivity index (χ0) is 14.4. The number of ether oxygens (including phenoxy) is 1. The smallest absolute Gasteiger partial charge is 0.161 e. The van der Waals surface area contributed by atoms with E-state index in [9.17, 15) is 4.79 Å². The first-order valence-corrected chi connectivity index (χ1v) is 7.36. The molecule has 19 heavy (non-hydrogen) atoms. The standard InChI is InChI=1S/C15H22BrNO2/c1-5-11(2)17(8-9-19-4)15-7-6-13(16)10-14(15)12(3)18/h6-7,10-11H,5,8-9H2,1-4H3. The van der Waals surface area contributed by atoms with Crippen molar-refractivity contribution in [2.24, 2.45) is 0 Å². The Morgan fingerprint density at radius 1 is 1.47 bits per heavy atom. The van der Waals surface area contributed by atoms with Gasteiger partial charge in [0.05, 0.1) is 6.61 Å². The number of ketones is 1. The van der Waals surface area contributed by atoms with Crippen LogP contribution in [0.15, 0.2) is 22.7 Å². The maximum atomic E-state index is 11.8. The van der Waals surface area contributed by atoms with E-state index in [-0.39, 0.29) is 5.78 Å². The SMILES string of the molecule is CCC(C)N(CCOC)c1ccc(Br)cc1C(C)=O. The van der Waals surface area contributed by atoms with Crippen molar-refractivity contribution in [1.29, 1.82) is 0 Å². The summed E-state index contributed by atoms with van der Waals surface area (Å²) in [5.74, 6) is 0.0852. The Kier molecular flexibility index (Phi) is 6.52. The third kappa shape index (κ3) is 4.32. The Hall–Kier alpha value is -0.870. The molecule has 3 nitrogen and oxygen atoms in total. The van der Waals surface area contributed by atoms with Crippen LogP contribution < -0.4 is 4.90 Å². The van der Waals surface area contributed by atoms with Gasteiger partial charge in [0.2, 0.25) is 0 Å². The number of benzene rings is 1. The van der Waals surface area contributed by atoms with E-state index in [1.807, 2.05) is 18.2 Å². The molecule has 0 radical (unpaired) electrons. The quantitative estimate of drug-likeness (QED) is 0.711. The normalized spacial score (nSPS) is 12.3. The first-order chi connectivity index (χ1) is 9.01. The molecule has 106 valence electrons. The molecule has 0 aromatic heterocycles. The number of hydrogen-bond acceptors (Lipinski definition) is 3. The van der Waals surface area contributed by atoms with Crippen LogP contribution in [0.1, 0.15) is 37.6 Å². The number of nitrogens with zero attached hydrogens (tertiary/aromatic N) is 1. The van der Waals surface area contributed by atoms with E-state index >= 15 is 0 Å². The molecule has 0 saturated carbocycles. The fourth-order valence-corrected chi connectivity index (χ4v) is 2.39. The number of carbonyl (C=O) groups is 1. The average molecular weight is 328 g/mol. The molecule has 1 atom stereocenters. The van der Waals surface area contributed by atoms with Crippen molar-refractivity contribution in [3.05, 3.63) is 28.2 Å². The Labute approximate surface area is 124 Å². The third-order valence-electron chi connectivity index (χ3n) is 3.31. The van der Waals surface area contributed by atoms with Crippen LogP contribution in [0, 0.1) is 0 Å². The van der Waals surface area contributed by atoms with Gasteiger partial charge in [-0.25, -0.2) is 0 Å². The molecule has 1 aromatic rings. The van der Waals surface area contributed by atoms with Crippen LogP contribution in [-0.4, -0.2) is 32.1 Å². The van der Waals surface area contributed by atoms with E-state index < -0.39 is 0 Å². The highest BCUT2D eigenvalue weighted by molar-refractivity contribution is 9.10. The van der Waals surface area contributed by atoms with Crippen molar-refractivity contribution >= 4 is 27.4 Å². The molecule has 0 spiro atoms. The van der Waals surface area contributed by atoms with Crippen molar-refractivity contribution in [2.75, 3.05) is 25.2 Å². The lowest BCUT2D eigenvalue weighted by atomic mass is 10.1. The van der Waals surface area contributed by atoms with E-state index in [4.69, 9.17) is 4.74 Å². The van der Waals surface area contributed by atoms with E-state index in [2.05, 4.69) is 34.7 Å². The first-order valence-electron chi connectivity index (χ1n) is 6.57. The van der Waals surface area contributed by atoms with Gasteiger partial charge in [-0.1, -0.05) is 22.9 Å². The number of halogens is 1. The van der Waals surface area contributed by atoms with Crippen molar-refractivity contribution < 1.29 is 9.53 Å². The highest BCUT2D eigenvalue weighted by atomic mass is 79.9. The van der Waals surface area contributed by atoms with E-state index in [0.29, 0.717) is 12.6 Å². The molecular weight excluding hydrogens is 306 g/mol. The van der Waals surface area contributed by atoms with Gasteiger partial charge in [0.15, 0.2) is 5.78 Å². The van der Waals surface area contributed by atoms with Gasteiger partial charge in [0.1, 0.15) is 0 Å². The average Bonchev–Trinajstić information content (AvgIpc) is 2.39. The van der Waals surface area contributed by atoms with Gasteiger partial charge in [0, 0.05) is 35.4 Å². The second-order valence-electron chi connectivity index (χ2n) is 4.66. The molecule has 1 unspecified atom stereocenters. The number of hydrogen-bond donors (Lipinski definition) is 0. The molecule has 0 aliphatic rings. The third-order valence-corrected chi connectivity index (χ3v) is 3.80. The van der Waals surface area contributed by atoms with Gasteiger partial charge < -0.3 is 9.64 Å². The van der Waals surface area contributed by atoms with E-state index in [1.165, 1.54) is 0 Å². The molecule has 0 N–H and O–H groups in total. The molecule has 0 fully saturated rings. The molecular formula is C15H22BrNO2. The zero-order valence-electron chi connectivity index (χ0n) is 12.1. The number of Topliss-reactive ketones (excluding diaryl/α,β-unsaturated/α-hetero) is 1. The van der Waals surface area contributed by atoms with Gasteiger partial charge in [-0.05, 0) is 38.5 Å². The predicted octanol–water partition coefficient (Wildman–Crippen LogP) is 3.90. The van der Waals surface area contributed by atoms with Crippen LogP contribution in [0.2, 0.25) is 0 Å². The molecule has 0 heterocycles. The lowest BCUT2D eigenvalue weighted by Crippen LogP contribution is -2.36. The summed E-state index contributed by atoms with van der Waals surface area (Å²) < 4.78 is 6.10. The number of anilines is 1. The fourth-order valence-electron chi connectivity index (χ4n) is 2.03. The van der Waals surface area contributed by atoms with Crippen molar-refractivity contribution in [3.63, 3.8) is 0 Å². The van der Waals surface area contributed by atoms with Crippen LogP contribution in [0.3, 0.4) is 0 Å². The first kappa shape index (κ1) is 16.2. The minimum atomic E-state index is 0.0852. The van der Waals surface area contributed by atoms with Gasteiger partial charge in [-0.3, -0.25) is 4.79 Å². The molecule has 4 heteroatoms. The molecule has 0 aliphatic heterocycles. The van der Waals surface area contributed by atoms with Gasteiger partial charge in [-0.15, -0.1) is 0 Å². The lowest BCUT2D eigenvalue weighted by molar-refractivity contribution is 0.101. The number of methoxy groups -OCH3 is 1. The molecule has 0 saturated heterocycles. The number of rotatable bonds is 7. The van der Waals surface area contributed by atoms with Gasteiger partial charge >= 0.3 is 0 Å². The minimum Gasteiger partial charge on any atom is -0.383 e. The zero-order valence-corrected chi connectivity index (χ0v) is 13.7. The predicted molar refractivity (Wildman–Crippen MR) is 83.1 cm³/mol. The summed E-state index contributed by atoms with van der Waals surface area (Å²) in [5.41, 5.74) is 1.74. The Morgan fingerprint density at radius 3 is 2.68 bits per heavy atom. The second-order valence-corrected chi connectivity index (χ2v) is 5.58. The molecule has 1 rings (SSSR count). The van der Waals surface area contributed by atoms with Crippen LogP contribution in [0.25, 0.3) is 0 Å². The van der Waals surface area contributed by atoms with Crippen LogP contribution in [0.4, 0.5) is 5.69 Å². The monoisotopic (exact) mass is 327 g/mol. The maximum Gasteiger partial charge on any atom is 0.161 e. The van der Waals surface area contributed by atoms with Crippen LogP contribution >= 0.6 is 15.9 Å². The van der Waals surface area contributed by atoms with Crippen molar-refractivity contribution in [1.82, 2.24) is 0 Å². The Morgan fingerprint density at radius 2 is 2.16 bits per heavy atom. The highest BCUT2D eigenvalue weighted by Crippen LogP contribution is 2.27. The fraction of sp³-hybridized carbons (Fsp3) is 0.533. The van der Waals surface area contributed by atoms with Crippen molar-refractivity contribution in [2.45, 2.75) is 33.2 Å². The lowest BCUT2D eigenvalue weighted by Gasteiger charge is -2.32. The summed E-state index contributed by atoms with van der Waals surface area (Å²) in [5, 5.41) is 0. The van der Waals surface area contributed by atoms with Gasteiger partial charge in [0.25, 0.3) is 0 Å². The topological polar surface area (TPSA) is 29.5 Å². The highest BCUT2D eigenvalue weighted by Gasteiger charge is 2.18. The van der Waals surface area contributed by atoms with E-state index in [0.717, 1.165) is 28.7 Å². The second kappa shape index (κ2) is 7.65. The Bertz CT molecular complexity index is 434. The molecule has 0 amide bonds.